The van der Waals surface area contributed by atoms with Gasteiger partial charge in [0, 0.05) is 30.1 Å². The number of ether oxygens (including phenoxy) is 1. The first-order chi connectivity index (χ1) is 11.3. The maximum Gasteiger partial charge on any atom is 0.250 e. The van der Waals surface area contributed by atoms with Gasteiger partial charge in [0.1, 0.15) is 6.61 Å². The smallest absolute Gasteiger partial charge is 0.250 e. The molecule has 5 heteroatoms. The summed E-state index contributed by atoms with van der Waals surface area (Å²) in [5, 5.41) is 9.82. The van der Waals surface area contributed by atoms with Crippen LogP contribution in [-0.2, 0) is 9.53 Å². The van der Waals surface area contributed by atoms with Crippen LogP contribution in [0.4, 0.5) is 5.69 Å². The molecular weight excluding hydrogens is 290 g/mol. The molecule has 1 aromatic heterocycles. The second-order valence-corrected chi connectivity index (χ2v) is 5.08. The molecule has 0 atom stereocenters. The van der Waals surface area contributed by atoms with Crippen LogP contribution < -0.4 is 5.32 Å². The number of benzene rings is 2. The van der Waals surface area contributed by atoms with Crippen LogP contribution >= 0.6 is 0 Å². The van der Waals surface area contributed by atoms with Gasteiger partial charge in [-0.25, -0.2) is 0 Å². The molecule has 116 valence electrons. The molecule has 0 aliphatic carbocycles. The molecule has 0 saturated carbocycles. The summed E-state index contributed by atoms with van der Waals surface area (Å²) in [6.07, 6.45) is 1.72. The predicted octanol–water partition coefficient (Wildman–Crippen LogP) is 3.33. The normalized spacial score (nSPS) is 10.5. The number of carbonyl (C=O) groups is 1. The van der Waals surface area contributed by atoms with E-state index in [9.17, 15) is 4.79 Å². The van der Waals surface area contributed by atoms with Gasteiger partial charge in [0.05, 0.1) is 5.69 Å². The van der Waals surface area contributed by atoms with Crippen LogP contribution in [0, 0.1) is 0 Å². The number of anilines is 1. The summed E-state index contributed by atoms with van der Waals surface area (Å²) in [5.41, 5.74) is 4.73. The molecule has 1 amide bonds. The summed E-state index contributed by atoms with van der Waals surface area (Å²) >= 11 is 0. The Hall–Kier alpha value is -2.92. The zero-order valence-corrected chi connectivity index (χ0v) is 12.7. The zero-order chi connectivity index (χ0) is 16.1. The van der Waals surface area contributed by atoms with Gasteiger partial charge in [0.15, 0.2) is 0 Å². The topological polar surface area (TPSA) is 67.0 Å². The van der Waals surface area contributed by atoms with Crippen LogP contribution in [0.1, 0.15) is 0 Å². The molecule has 0 aliphatic heterocycles. The molecule has 0 radical (unpaired) electrons. The lowest BCUT2D eigenvalue weighted by atomic mass is 10.00. The first-order valence-corrected chi connectivity index (χ1v) is 7.26. The number of aromatic nitrogens is 2. The molecule has 0 saturated heterocycles. The van der Waals surface area contributed by atoms with Crippen LogP contribution in [0.2, 0.25) is 0 Å². The largest absolute Gasteiger partial charge is 0.375 e. The molecule has 23 heavy (non-hydrogen) atoms. The number of hydrogen-bond donors (Lipinski definition) is 2. The standard InChI is InChI=1S/C18H17N3O2/c1-23-12-18(22)20-17-8-3-2-7-15(17)13-5-4-6-14(11-13)16-9-10-19-21-16/h2-11H,12H2,1H3,(H,19,21)(H,20,22). The summed E-state index contributed by atoms with van der Waals surface area (Å²) in [6.45, 7) is 0.0303. The highest BCUT2D eigenvalue weighted by Gasteiger charge is 2.09. The van der Waals surface area contributed by atoms with E-state index >= 15 is 0 Å². The number of amides is 1. The van der Waals surface area contributed by atoms with E-state index in [0.717, 1.165) is 28.1 Å². The van der Waals surface area contributed by atoms with Gasteiger partial charge in [-0.3, -0.25) is 9.89 Å². The van der Waals surface area contributed by atoms with Crippen molar-refractivity contribution in [2.45, 2.75) is 0 Å². The fourth-order valence-electron chi connectivity index (χ4n) is 2.43. The Morgan fingerprint density at radius 2 is 1.96 bits per heavy atom. The van der Waals surface area contributed by atoms with Gasteiger partial charge in [0.25, 0.3) is 0 Å². The average molecular weight is 307 g/mol. The lowest BCUT2D eigenvalue weighted by molar-refractivity contribution is -0.119. The molecule has 0 unspecified atom stereocenters. The van der Waals surface area contributed by atoms with Crippen LogP contribution in [-0.4, -0.2) is 29.8 Å². The molecule has 0 bridgehead atoms. The number of hydrogen-bond acceptors (Lipinski definition) is 3. The van der Waals surface area contributed by atoms with E-state index in [1.807, 2.05) is 48.5 Å². The summed E-state index contributed by atoms with van der Waals surface area (Å²) in [4.78, 5) is 11.8. The molecule has 3 rings (SSSR count). The monoisotopic (exact) mass is 307 g/mol. The second kappa shape index (κ2) is 6.89. The maximum absolute atomic E-state index is 11.8. The summed E-state index contributed by atoms with van der Waals surface area (Å²) in [6, 6.07) is 17.7. The van der Waals surface area contributed by atoms with Gasteiger partial charge in [-0.1, -0.05) is 36.4 Å². The molecule has 3 aromatic rings. The number of para-hydroxylation sites is 1. The van der Waals surface area contributed by atoms with E-state index in [2.05, 4.69) is 21.6 Å². The number of aromatic amines is 1. The highest BCUT2D eigenvalue weighted by molar-refractivity contribution is 5.96. The summed E-state index contributed by atoms with van der Waals surface area (Å²) in [7, 11) is 1.50. The van der Waals surface area contributed by atoms with Crippen molar-refractivity contribution >= 4 is 11.6 Å². The Kier molecular flexibility index (Phi) is 4.49. The fourth-order valence-corrected chi connectivity index (χ4v) is 2.43. The van der Waals surface area contributed by atoms with Crippen molar-refractivity contribution in [1.29, 1.82) is 0 Å². The predicted molar refractivity (Wildman–Crippen MR) is 90.0 cm³/mol. The lowest BCUT2D eigenvalue weighted by Crippen LogP contribution is -2.17. The van der Waals surface area contributed by atoms with E-state index < -0.39 is 0 Å². The van der Waals surface area contributed by atoms with Crippen LogP contribution in [0.5, 0.6) is 0 Å². The van der Waals surface area contributed by atoms with E-state index in [1.165, 1.54) is 7.11 Å². The van der Waals surface area contributed by atoms with E-state index in [-0.39, 0.29) is 12.5 Å². The van der Waals surface area contributed by atoms with Crippen LogP contribution in [0.25, 0.3) is 22.4 Å². The number of rotatable bonds is 5. The number of methoxy groups -OCH3 is 1. The Bertz CT molecular complexity index is 798. The molecule has 2 aromatic carbocycles. The van der Waals surface area contributed by atoms with Gasteiger partial charge in [-0.2, -0.15) is 5.10 Å². The Balaban J connectivity index is 1.96. The average Bonchev–Trinajstić information content (AvgIpc) is 3.10. The fraction of sp³-hybridized carbons (Fsp3) is 0.111. The summed E-state index contributed by atoms with van der Waals surface area (Å²) < 4.78 is 4.87. The number of H-pyrrole nitrogens is 1. The highest BCUT2D eigenvalue weighted by atomic mass is 16.5. The minimum absolute atomic E-state index is 0.0303. The quantitative estimate of drug-likeness (QED) is 0.760. The van der Waals surface area contributed by atoms with Crippen molar-refractivity contribution < 1.29 is 9.53 Å². The molecule has 5 nitrogen and oxygen atoms in total. The van der Waals surface area contributed by atoms with Crippen molar-refractivity contribution in [2.24, 2.45) is 0 Å². The number of nitrogens with zero attached hydrogens (tertiary/aromatic N) is 1. The number of carbonyl (C=O) groups excluding carboxylic acids is 1. The third-order valence-corrected chi connectivity index (χ3v) is 3.46. The van der Waals surface area contributed by atoms with Gasteiger partial charge >= 0.3 is 0 Å². The van der Waals surface area contributed by atoms with E-state index in [4.69, 9.17) is 4.74 Å². The van der Waals surface area contributed by atoms with Crippen molar-refractivity contribution in [3.05, 3.63) is 60.8 Å². The van der Waals surface area contributed by atoms with Crippen LogP contribution in [0.15, 0.2) is 60.8 Å². The Morgan fingerprint density at radius 3 is 2.74 bits per heavy atom. The third-order valence-electron chi connectivity index (χ3n) is 3.46. The summed E-state index contributed by atoms with van der Waals surface area (Å²) in [5.74, 6) is -0.176. The van der Waals surface area contributed by atoms with Crippen LogP contribution in [0.3, 0.4) is 0 Å². The zero-order valence-electron chi connectivity index (χ0n) is 12.7. The number of nitrogens with one attached hydrogen (secondary N) is 2. The minimum atomic E-state index is -0.176. The van der Waals surface area contributed by atoms with E-state index in [1.54, 1.807) is 6.20 Å². The van der Waals surface area contributed by atoms with Gasteiger partial charge in [0.2, 0.25) is 5.91 Å². The first kappa shape index (κ1) is 15.0. The van der Waals surface area contributed by atoms with Crippen molar-refractivity contribution in [2.75, 3.05) is 19.0 Å². The second-order valence-electron chi connectivity index (χ2n) is 5.08. The molecule has 0 spiro atoms. The third kappa shape index (κ3) is 3.46. The highest BCUT2D eigenvalue weighted by Crippen LogP contribution is 2.30. The first-order valence-electron chi connectivity index (χ1n) is 7.26. The van der Waals surface area contributed by atoms with E-state index in [0.29, 0.717) is 0 Å². The van der Waals surface area contributed by atoms with Crippen molar-refractivity contribution in [3.8, 4) is 22.4 Å². The SMILES string of the molecule is COCC(=O)Nc1ccccc1-c1cccc(-c2ccn[nH]2)c1. The minimum Gasteiger partial charge on any atom is -0.375 e. The Labute approximate surface area is 134 Å². The maximum atomic E-state index is 11.8. The molecule has 2 N–H and O–H groups in total. The molecule has 0 aliphatic rings. The molecule has 1 heterocycles. The van der Waals surface area contributed by atoms with Gasteiger partial charge in [-0.15, -0.1) is 0 Å². The van der Waals surface area contributed by atoms with Gasteiger partial charge in [-0.05, 0) is 23.8 Å². The molecular formula is C18H17N3O2. The van der Waals surface area contributed by atoms with Gasteiger partial charge < -0.3 is 10.1 Å². The lowest BCUT2D eigenvalue weighted by Gasteiger charge is -2.12. The Morgan fingerprint density at radius 1 is 1.13 bits per heavy atom. The molecule has 0 fully saturated rings. The van der Waals surface area contributed by atoms with Crippen molar-refractivity contribution in [3.63, 3.8) is 0 Å². The van der Waals surface area contributed by atoms with Crippen molar-refractivity contribution in [1.82, 2.24) is 10.2 Å².